The molecule has 112 valence electrons. The van der Waals surface area contributed by atoms with E-state index in [4.69, 9.17) is 0 Å². The lowest BCUT2D eigenvalue weighted by atomic mass is 9.84. The van der Waals surface area contributed by atoms with E-state index in [0.717, 1.165) is 24.3 Å². The Bertz CT molecular complexity index is 436. The molecule has 2 aliphatic rings. The molecule has 0 aliphatic heterocycles. The molecule has 1 N–H and O–H groups in total. The summed E-state index contributed by atoms with van der Waals surface area (Å²) in [6.07, 6.45) is 8.62. The van der Waals surface area contributed by atoms with Crippen LogP contribution in [0.3, 0.4) is 0 Å². The molecule has 2 fully saturated rings. The summed E-state index contributed by atoms with van der Waals surface area (Å²) in [5.74, 6) is 3.08. The maximum absolute atomic E-state index is 3.80. The molecule has 20 heavy (non-hydrogen) atoms. The first-order valence-corrected chi connectivity index (χ1v) is 9.77. The van der Waals surface area contributed by atoms with Crippen LogP contribution in [0.5, 0.6) is 0 Å². The molecule has 2 aliphatic carbocycles. The van der Waals surface area contributed by atoms with Crippen LogP contribution in [0.25, 0.3) is 0 Å². The fourth-order valence-electron chi connectivity index (χ4n) is 4.24. The van der Waals surface area contributed by atoms with Crippen LogP contribution in [0, 0.1) is 24.7 Å². The van der Waals surface area contributed by atoms with E-state index >= 15 is 0 Å². The molecular formula is C17H26BrNS. The first-order chi connectivity index (χ1) is 9.67. The molecule has 4 unspecified atom stereocenters. The molecular weight excluding hydrogens is 330 g/mol. The Labute approximate surface area is 135 Å². The van der Waals surface area contributed by atoms with Gasteiger partial charge in [-0.2, -0.15) is 0 Å². The van der Waals surface area contributed by atoms with Crippen molar-refractivity contribution in [2.75, 3.05) is 6.54 Å². The number of halogens is 1. The fraction of sp³-hybridized carbons (Fsp3) is 0.765. The van der Waals surface area contributed by atoms with Gasteiger partial charge in [0.25, 0.3) is 0 Å². The molecule has 3 heteroatoms. The number of fused-ring (bicyclic) bond motifs is 2. The molecule has 0 spiro atoms. The third-order valence-corrected chi connectivity index (χ3v) is 7.53. The number of hydrogen-bond donors (Lipinski definition) is 1. The first kappa shape index (κ1) is 15.1. The van der Waals surface area contributed by atoms with Crippen LogP contribution in [-0.4, -0.2) is 6.54 Å². The smallest absolute Gasteiger partial charge is 0.0731 e. The highest BCUT2D eigenvalue weighted by atomic mass is 79.9. The van der Waals surface area contributed by atoms with Crippen molar-refractivity contribution in [1.82, 2.24) is 5.32 Å². The molecule has 1 aromatic rings. The van der Waals surface area contributed by atoms with E-state index in [-0.39, 0.29) is 0 Å². The predicted molar refractivity (Wildman–Crippen MR) is 91.3 cm³/mol. The molecule has 4 atom stereocenters. The fourth-order valence-corrected chi connectivity index (χ4v) is 5.90. The highest BCUT2D eigenvalue weighted by Crippen LogP contribution is 2.51. The number of aryl methyl sites for hydroxylation is 1. The average Bonchev–Trinajstić information content (AvgIpc) is 3.11. The highest BCUT2D eigenvalue weighted by Gasteiger charge is 2.40. The minimum Gasteiger partial charge on any atom is -0.309 e. The highest BCUT2D eigenvalue weighted by molar-refractivity contribution is 9.11. The second-order valence-corrected chi connectivity index (χ2v) is 9.18. The number of hydrogen-bond acceptors (Lipinski definition) is 2. The van der Waals surface area contributed by atoms with Crippen molar-refractivity contribution in [3.05, 3.63) is 20.3 Å². The van der Waals surface area contributed by atoms with Crippen molar-refractivity contribution < 1.29 is 0 Å². The van der Waals surface area contributed by atoms with Gasteiger partial charge in [0.1, 0.15) is 0 Å². The van der Waals surface area contributed by atoms with Gasteiger partial charge < -0.3 is 5.32 Å². The van der Waals surface area contributed by atoms with Crippen molar-refractivity contribution in [2.45, 2.75) is 58.4 Å². The molecule has 1 nitrogen and oxygen atoms in total. The summed E-state index contributed by atoms with van der Waals surface area (Å²) in [5, 5.41) is 3.80. The molecule has 0 aromatic carbocycles. The minimum atomic E-state index is 0.578. The van der Waals surface area contributed by atoms with Crippen molar-refractivity contribution in [1.29, 1.82) is 0 Å². The quantitative estimate of drug-likeness (QED) is 0.691. The number of rotatable bonds is 6. The summed E-state index contributed by atoms with van der Waals surface area (Å²) >= 11 is 5.62. The molecule has 1 heterocycles. The lowest BCUT2D eigenvalue weighted by Crippen LogP contribution is -2.25. The Balaban J connectivity index is 1.69. The summed E-state index contributed by atoms with van der Waals surface area (Å²) in [6, 6.07) is 2.96. The molecule has 3 rings (SSSR count). The van der Waals surface area contributed by atoms with Crippen LogP contribution in [0.1, 0.15) is 61.9 Å². The van der Waals surface area contributed by atoms with Gasteiger partial charge in [0.05, 0.1) is 3.79 Å². The van der Waals surface area contributed by atoms with Gasteiger partial charge in [-0.1, -0.05) is 13.3 Å². The molecule has 2 saturated carbocycles. The molecule has 0 saturated heterocycles. The maximum Gasteiger partial charge on any atom is 0.0731 e. The zero-order valence-electron chi connectivity index (χ0n) is 12.6. The van der Waals surface area contributed by atoms with E-state index in [1.807, 2.05) is 11.3 Å². The summed E-state index contributed by atoms with van der Waals surface area (Å²) in [5.41, 5.74) is 1.39. The summed E-state index contributed by atoms with van der Waals surface area (Å²) in [7, 11) is 0. The Morgan fingerprint density at radius 2 is 2.25 bits per heavy atom. The third kappa shape index (κ3) is 3.15. The van der Waals surface area contributed by atoms with Crippen molar-refractivity contribution in [3.63, 3.8) is 0 Å². The van der Waals surface area contributed by atoms with Gasteiger partial charge in [0.15, 0.2) is 0 Å². The Hall–Kier alpha value is 0.140. The van der Waals surface area contributed by atoms with Gasteiger partial charge in [0.2, 0.25) is 0 Å². The van der Waals surface area contributed by atoms with E-state index in [9.17, 15) is 0 Å². The predicted octanol–water partition coefficient (Wildman–Crippen LogP) is 5.69. The normalized spacial score (nSPS) is 30.1. The standard InChI is InChI=1S/C17H26BrNS/c1-3-6-19-15(16-7-11(2)17(18)20-16)10-14-9-12-4-5-13(14)8-12/h7,12-15,19H,3-6,8-10H2,1-2H3. The minimum absolute atomic E-state index is 0.578. The van der Waals surface area contributed by atoms with E-state index in [1.165, 1.54) is 52.8 Å². The zero-order valence-corrected chi connectivity index (χ0v) is 15.0. The molecule has 2 bridgehead atoms. The molecule has 1 aromatic heterocycles. The maximum atomic E-state index is 3.80. The lowest BCUT2D eigenvalue weighted by molar-refractivity contribution is 0.280. The van der Waals surface area contributed by atoms with E-state index < -0.39 is 0 Å². The Morgan fingerprint density at radius 1 is 1.40 bits per heavy atom. The topological polar surface area (TPSA) is 12.0 Å². The molecule has 0 amide bonds. The van der Waals surface area contributed by atoms with Gasteiger partial charge >= 0.3 is 0 Å². The van der Waals surface area contributed by atoms with E-state index in [0.29, 0.717) is 6.04 Å². The molecule has 0 radical (unpaired) electrons. The van der Waals surface area contributed by atoms with Crippen molar-refractivity contribution >= 4 is 27.3 Å². The first-order valence-electron chi connectivity index (χ1n) is 8.16. The zero-order chi connectivity index (χ0) is 14.1. The summed E-state index contributed by atoms with van der Waals surface area (Å²) in [4.78, 5) is 1.53. The van der Waals surface area contributed by atoms with Crippen molar-refractivity contribution in [3.8, 4) is 0 Å². The SMILES string of the molecule is CCCNC(CC1CC2CCC1C2)c1cc(C)c(Br)s1. The summed E-state index contributed by atoms with van der Waals surface area (Å²) in [6.45, 7) is 5.61. The van der Waals surface area contributed by atoms with Gasteiger partial charge in [-0.25, -0.2) is 0 Å². The van der Waals surface area contributed by atoms with Crippen LogP contribution >= 0.6 is 27.3 Å². The second kappa shape index (κ2) is 6.50. The average molecular weight is 356 g/mol. The van der Waals surface area contributed by atoms with Crippen LogP contribution in [0.15, 0.2) is 9.85 Å². The largest absolute Gasteiger partial charge is 0.309 e. The van der Waals surface area contributed by atoms with Gasteiger partial charge in [0, 0.05) is 10.9 Å². The van der Waals surface area contributed by atoms with Crippen LogP contribution in [-0.2, 0) is 0 Å². The van der Waals surface area contributed by atoms with Crippen LogP contribution < -0.4 is 5.32 Å². The van der Waals surface area contributed by atoms with Gasteiger partial charge in [-0.3, -0.25) is 0 Å². The van der Waals surface area contributed by atoms with E-state index in [2.05, 4.69) is 41.2 Å². The van der Waals surface area contributed by atoms with Crippen LogP contribution in [0.2, 0.25) is 0 Å². The second-order valence-electron chi connectivity index (χ2n) is 6.78. The Morgan fingerprint density at radius 3 is 2.80 bits per heavy atom. The Kier molecular flexibility index (Phi) is 4.89. The van der Waals surface area contributed by atoms with E-state index in [1.54, 1.807) is 0 Å². The monoisotopic (exact) mass is 355 g/mol. The van der Waals surface area contributed by atoms with Crippen LogP contribution in [0.4, 0.5) is 0 Å². The lowest BCUT2D eigenvalue weighted by Gasteiger charge is -2.27. The third-order valence-electron chi connectivity index (χ3n) is 5.28. The number of nitrogens with one attached hydrogen (secondary N) is 1. The van der Waals surface area contributed by atoms with Gasteiger partial charge in [-0.15, -0.1) is 11.3 Å². The van der Waals surface area contributed by atoms with Gasteiger partial charge in [-0.05, 0) is 90.9 Å². The number of thiophene rings is 1. The van der Waals surface area contributed by atoms with Crippen molar-refractivity contribution in [2.24, 2.45) is 17.8 Å². The summed E-state index contributed by atoms with van der Waals surface area (Å²) < 4.78 is 1.31.